The van der Waals surface area contributed by atoms with Crippen LogP contribution in [0, 0.1) is 0 Å². The number of pyridine rings is 2. The third-order valence-corrected chi connectivity index (χ3v) is 4.18. The zero-order valence-corrected chi connectivity index (χ0v) is 14.8. The number of amides is 2. The molecule has 0 atom stereocenters. The van der Waals surface area contributed by atoms with Crippen molar-refractivity contribution in [2.24, 2.45) is 0 Å². The van der Waals surface area contributed by atoms with Crippen LogP contribution in [0.4, 0.5) is 5.69 Å². The van der Waals surface area contributed by atoms with Gasteiger partial charge in [0.1, 0.15) is 0 Å². The lowest BCUT2D eigenvalue weighted by Crippen LogP contribution is -2.30. The van der Waals surface area contributed by atoms with Crippen LogP contribution in [0.2, 0.25) is 0 Å². The van der Waals surface area contributed by atoms with Crippen molar-refractivity contribution in [3.05, 3.63) is 66.1 Å². The standard InChI is InChI=1S/C20H20N4O2/c1-3-24(4-2)20(26)16-11-15(12-21-13-16)19(25)23-17-9-5-7-14-8-6-10-22-18(14)17/h5-13H,3-4H2,1-2H3,(H,23,25). The minimum absolute atomic E-state index is 0.135. The Bertz CT molecular complexity index is 946. The van der Waals surface area contributed by atoms with Crippen molar-refractivity contribution in [3.8, 4) is 0 Å². The summed E-state index contributed by atoms with van der Waals surface area (Å²) in [7, 11) is 0. The second-order valence-corrected chi connectivity index (χ2v) is 5.77. The minimum atomic E-state index is -0.329. The Labute approximate surface area is 151 Å². The first-order valence-electron chi connectivity index (χ1n) is 8.53. The Morgan fingerprint density at radius 3 is 2.54 bits per heavy atom. The van der Waals surface area contributed by atoms with Crippen molar-refractivity contribution in [2.75, 3.05) is 18.4 Å². The van der Waals surface area contributed by atoms with Gasteiger partial charge in [-0.25, -0.2) is 0 Å². The molecule has 3 rings (SSSR count). The topological polar surface area (TPSA) is 75.2 Å². The number of nitrogens with zero attached hydrogens (tertiary/aromatic N) is 3. The summed E-state index contributed by atoms with van der Waals surface area (Å²) < 4.78 is 0. The smallest absolute Gasteiger partial charge is 0.257 e. The molecule has 0 saturated heterocycles. The van der Waals surface area contributed by atoms with Gasteiger partial charge in [-0.15, -0.1) is 0 Å². The molecule has 6 nitrogen and oxygen atoms in total. The van der Waals surface area contributed by atoms with Crippen molar-refractivity contribution in [1.82, 2.24) is 14.9 Å². The molecule has 2 heterocycles. The maximum Gasteiger partial charge on any atom is 0.257 e. The zero-order chi connectivity index (χ0) is 18.5. The number of fused-ring (bicyclic) bond motifs is 1. The maximum atomic E-state index is 12.6. The number of para-hydroxylation sites is 1. The Kier molecular flexibility index (Phi) is 5.22. The molecule has 0 unspecified atom stereocenters. The van der Waals surface area contributed by atoms with Gasteiger partial charge in [0, 0.05) is 37.1 Å². The number of benzene rings is 1. The molecule has 0 aliphatic carbocycles. The van der Waals surface area contributed by atoms with E-state index in [2.05, 4.69) is 15.3 Å². The van der Waals surface area contributed by atoms with E-state index in [1.54, 1.807) is 23.2 Å². The average Bonchev–Trinajstić information content (AvgIpc) is 2.69. The largest absolute Gasteiger partial charge is 0.339 e. The summed E-state index contributed by atoms with van der Waals surface area (Å²) in [5.41, 5.74) is 2.06. The number of anilines is 1. The van der Waals surface area contributed by atoms with Gasteiger partial charge in [-0.05, 0) is 32.0 Å². The molecule has 1 aromatic carbocycles. The van der Waals surface area contributed by atoms with Gasteiger partial charge in [-0.3, -0.25) is 19.6 Å². The Morgan fingerprint density at radius 1 is 1.04 bits per heavy atom. The number of hydrogen-bond acceptors (Lipinski definition) is 4. The molecule has 6 heteroatoms. The molecule has 3 aromatic rings. The molecule has 1 N–H and O–H groups in total. The molecule has 0 radical (unpaired) electrons. The summed E-state index contributed by atoms with van der Waals surface area (Å²) in [4.78, 5) is 35.2. The molecule has 0 bridgehead atoms. The maximum absolute atomic E-state index is 12.6. The Hall–Kier alpha value is -3.28. The fourth-order valence-corrected chi connectivity index (χ4v) is 2.77. The molecular formula is C20H20N4O2. The molecule has 2 aromatic heterocycles. The summed E-state index contributed by atoms with van der Waals surface area (Å²) in [5, 5.41) is 3.80. The summed E-state index contributed by atoms with van der Waals surface area (Å²) in [5.74, 6) is -0.464. The van der Waals surface area contributed by atoms with E-state index in [1.807, 2.05) is 38.1 Å². The van der Waals surface area contributed by atoms with E-state index in [4.69, 9.17) is 0 Å². The summed E-state index contributed by atoms with van der Waals surface area (Å²) in [6.45, 7) is 5.04. The second-order valence-electron chi connectivity index (χ2n) is 5.77. The van der Waals surface area contributed by atoms with Gasteiger partial charge in [-0.1, -0.05) is 18.2 Å². The van der Waals surface area contributed by atoms with E-state index in [-0.39, 0.29) is 11.8 Å². The quantitative estimate of drug-likeness (QED) is 0.767. The van der Waals surface area contributed by atoms with Crippen LogP contribution in [0.15, 0.2) is 55.0 Å². The summed E-state index contributed by atoms with van der Waals surface area (Å²) in [6.07, 6.45) is 4.62. The van der Waals surface area contributed by atoms with E-state index in [1.165, 1.54) is 12.4 Å². The van der Waals surface area contributed by atoms with Crippen LogP contribution in [0.1, 0.15) is 34.6 Å². The highest BCUT2D eigenvalue weighted by molar-refractivity contribution is 6.09. The molecule has 0 saturated carbocycles. The molecule has 132 valence electrons. The fourth-order valence-electron chi connectivity index (χ4n) is 2.77. The van der Waals surface area contributed by atoms with E-state index < -0.39 is 0 Å². The molecule has 2 amide bonds. The van der Waals surface area contributed by atoms with E-state index >= 15 is 0 Å². The summed E-state index contributed by atoms with van der Waals surface area (Å²) >= 11 is 0. The number of hydrogen-bond donors (Lipinski definition) is 1. The zero-order valence-electron chi connectivity index (χ0n) is 14.8. The van der Waals surface area contributed by atoms with Crippen LogP contribution in [0.5, 0.6) is 0 Å². The summed E-state index contributed by atoms with van der Waals surface area (Å²) in [6, 6.07) is 10.9. The van der Waals surface area contributed by atoms with Gasteiger partial charge in [-0.2, -0.15) is 0 Å². The van der Waals surface area contributed by atoms with E-state index in [0.29, 0.717) is 35.4 Å². The van der Waals surface area contributed by atoms with Crippen molar-refractivity contribution < 1.29 is 9.59 Å². The van der Waals surface area contributed by atoms with Crippen molar-refractivity contribution in [1.29, 1.82) is 0 Å². The molecular weight excluding hydrogens is 328 g/mol. The van der Waals surface area contributed by atoms with Crippen LogP contribution < -0.4 is 5.32 Å². The number of aromatic nitrogens is 2. The SMILES string of the molecule is CCN(CC)C(=O)c1cncc(C(=O)Nc2cccc3cccnc23)c1. The van der Waals surface area contributed by atoms with Gasteiger partial charge < -0.3 is 10.2 Å². The Morgan fingerprint density at radius 2 is 1.77 bits per heavy atom. The number of carbonyl (C=O) groups is 2. The van der Waals surface area contributed by atoms with Crippen LogP contribution >= 0.6 is 0 Å². The molecule has 0 aliphatic rings. The molecule has 26 heavy (non-hydrogen) atoms. The van der Waals surface area contributed by atoms with Crippen molar-refractivity contribution in [3.63, 3.8) is 0 Å². The van der Waals surface area contributed by atoms with Gasteiger partial charge >= 0.3 is 0 Å². The van der Waals surface area contributed by atoms with Crippen molar-refractivity contribution >= 4 is 28.4 Å². The van der Waals surface area contributed by atoms with Crippen molar-refractivity contribution in [2.45, 2.75) is 13.8 Å². The van der Waals surface area contributed by atoms with Gasteiger partial charge in [0.25, 0.3) is 11.8 Å². The van der Waals surface area contributed by atoms with E-state index in [9.17, 15) is 9.59 Å². The number of rotatable bonds is 5. The van der Waals surface area contributed by atoms with Crippen LogP contribution in [0.3, 0.4) is 0 Å². The van der Waals surface area contributed by atoms with Gasteiger partial charge in [0.2, 0.25) is 0 Å². The monoisotopic (exact) mass is 348 g/mol. The minimum Gasteiger partial charge on any atom is -0.339 e. The second kappa shape index (κ2) is 7.74. The number of nitrogens with one attached hydrogen (secondary N) is 1. The normalized spacial score (nSPS) is 10.5. The predicted octanol–water partition coefficient (Wildman–Crippen LogP) is 3.36. The lowest BCUT2D eigenvalue weighted by Gasteiger charge is -2.18. The van der Waals surface area contributed by atoms with Gasteiger partial charge in [0.05, 0.1) is 22.3 Å². The number of carbonyl (C=O) groups excluding carboxylic acids is 2. The fraction of sp³-hybridized carbons (Fsp3) is 0.200. The highest BCUT2D eigenvalue weighted by Crippen LogP contribution is 2.21. The van der Waals surface area contributed by atoms with Crippen LogP contribution in [-0.4, -0.2) is 39.8 Å². The molecule has 0 fully saturated rings. The predicted molar refractivity (Wildman–Crippen MR) is 101 cm³/mol. The van der Waals surface area contributed by atoms with E-state index in [0.717, 1.165) is 5.39 Å². The first kappa shape index (κ1) is 17.5. The molecule has 0 aliphatic heterocycles. The lowest BCUT2D eigenvalue weighted by molar-refractivity contribution is 0.0772. The van der Waals surface area contributed by atoms with Crippen LogP contribution in [0.25, 0.3) is 10.9 Å². The average molecular weight is 348 g/mol. The highest BCUT2D eigenvalue weighted by Gasteiger charge is 2.16. The molecule has 0 spiro atoms. The third-order valence-electron chi connectivity index (χ3n) is 4.18. The lowest BCUT2D eigenvalue weighted by atomic mass is 10.1. The third kappa shape index (κ3) is 3.54. The first-order valence-corrected chi connectivity index (χ1v) is 8.53. The van der Waals surface area contributed by atoms with Gasteiger partial charge in [0.15, 0.2) is 0 Å². The first-order chi connectivity index (χ1) is 12.6. The Balaban J connectivity index is 1.86. The van der Waals surface area contributed by atoms with Crippen LogP contribution in [-0.2, 0) is 0 Å². The highest BCUT2D eigenvalue weighted by atomic mass is 16.2.